The summed E-state index contributed by atoms with van der Waals surface area (Å²) in [6.07, 6.45) is 21.9. The zero-order valence-corrected chi connectivity index (χ0v) is 57.9. The summed E-state index contributed by atoms with van der Waals surface area (Å²) in [6, 6.07) is 85.6. The maximum absolute atomic E-state index is 4.76. The Kier molecular flexibility index (Phi) is 11.5. The number of fused-ring (bicyclic) bond motifs is 30. The van der Waals surface area contributed by atoms with Crippen LogP contribution in [0, 0.1) is 0 Å². The molecule has 0 radical (unpaired) electrons. The van der Waals surface area contributed by atoms with E-state index in [2.05, 4.69) is 249 Å². The molecule has 3 aromatic heterocycles. The number of anilines is 9. The third kappa shape index (κ3) is 8.17. The molecular formula is C99H66N6. The number of para-hydroxylation sites is 3. The summed E-state index contributed by atoms with van der Waals surface area (Å²) >= 11 is 0. The highest BCUT2D eigenvalue weighted by Gasteiger charge is 2.39. The molecule has 0 amide bonds. The Morgan fingerprint density at radius 3 is 0.943 bits per heavy atom. The fourth-order valence-corrected chi connectivity index (χ4v) is 21.0. The number of rotatable bonds is 0. The van der Waals surface area contributed by atoms with Crippen molar-refractivity contribution in [1.29, 1.82) is 0 Å². The lowest BCUT2D eigenvalue weighted by Crippen LogP contribution is -2.25. The molecule has 0 unspecified atom stereocenters. The van der Waals surface area contributed by atoms with Gasteiger partial charge in [-0.2, -0.15) is 0 Å². The average Bonchev–Trinajstić information content (AvgIpc) is 1.71. The maximum atomic E-state index is 4.76. The van der Waals surface area contributed by atoms with E-state index in [0.717, 1.165) is 77.0 Å². The lowest BCUT2D eigenvalue weighted by molar-refractivity contribution is 0.970. The minimum atomic E-state index is 0.911. The van der Waals surface area contributed by atoms with E-state index < -0.39 is 0 Å². The quantitative estimate of drug-likeness (QED) is 0.151. The van der Waals surface area contributed by atoms with Crippen molar-refractivity contribution in [3.05, 3.63) is 389 Å². The van der Waals surface area contributed by atoms with Crippen molar-refractivity contribution in [2.24, 2.45) is 0 Å². The van der Waals surface area contributed by atoms with E-state index in [4.69, 9.17) is 4.98 Å². The van der Waals surface area contributed by atoms with Gasteiger partial charge in [-0.1, -0.05) is 127 Å². The first-order valence-corrected chi connectivity index (χ1v) is 37.7. The number of nitrogens with zero attached hydrogens (tertiary/aromatic N) is 6. The van der Waals surface area contributed by atoms with Crippen molar-refractivity contribution in [2.75, 3.05) is 14.7 Å². The molecule has 12 aromatic carbocycles. The molecule has 0 spiro atoms. The SMILES string of the molecule is c1ccc2c(c1)Cc1cc3c(cc1-2)Cc1cc2c(cc1-3)Cc1cccc3c1N2c1cccnc1C3.c1ccc2c(c1)Cc1cc3c(cc1-2)Cc1cc2c(cc1-3)Cc1cccc3c1N2c1ccncc1C3.c1ccc2c(c1)Cc1cc3c(cc1-2)Cc1cc2c(cc1-3)Cc1cccc3c1N2c1cnccc1C3. The standard InChI is InChI=1S/3C33H22N2/c1-2-8-26-19(5-1)11-22-15-28-23(14-27(22)26)13-24-18-32-25(16-29(24)28)12-20-6-3-7-21-17-30-31(9-4-10-34-30)35(32)33(20)21;1-2-7-27-19(4-1)10-23-15-29-24(14-28(23)27)13-25-17-31-26(16-30(25)29)12-22-6-3-5-21-11-20-8-9-34-18-32(20)35(31)33(21)22;1-2-7-27-19(4-1)10-22-15-29-23(14-28(22)27)13-24-17-32-25(16-30(24)29)11-20-5-3-6-21-12-26-18-34-9-8-31(26)35(32)33(20)21/h1-10,14-16,18H,11-13,17H2;2*1-9,14-18H,10-13H2. The van der Waals surface area contributed by atoms with Gasteiger partial charge in [0.05, 0.1) is 63.1 Å². The first-order valence-electron chi connectivity index (χ1n) is 37.7. The van der Waals surface area contributed by atoms with Gasteiger partial charge in [-0.25, -0.2) is 0 Å². The Hall–Kier alpha value is -12.5. The van der Waals surface area contributed by atoms with Crippen molar-refractivity contribution in [3.8, 4) is 66.8 Å². The van der Waals surface area contributed by atoms with Crippen molar-refractivity contribution < 1.29 is 0 Å². The molecule has 0 atom stereocenters. The van der Waals surface area contributed by atoms with E-state index >= 15 is 0 Å². The molecule has 105 heavy (non-hydrogen) atoms. The van der Waals surface area contributed by atoms with Crippen molar-refractivity contribution in [2.45, 2.75) is 77.0 Å². The van der Waals surface area contributed by atoms with Crippen LogP contribution in [0.2, 0.25) is 0 Å². The Bertz CT molecular complexity index is 5900. The summed E-state index contributed by atoms with van der Waals surface area (Å²) in [6.45, 7) is 0. The zero-order chi connectivity index (χ0) is 68.0. The minimum absolute atomic E-state index is 0.911. The molecule has 0 saturated carbocycles. The fourth-order valence-electron chi connectivity index (χ4n) is 21.0. The normalized spacial score (nSPS) is 14.9. The van der Waals surface area contributed by atoms with E-state index in [1.165, 1.54) is 252 Å². The molecule has 0 bridgehead atoms. The fraction of sp³-hybridized carbons (Fsp3) is 0.121. The molecule has 6 aliphatic heterocycles. The van der Waals surface area contributed by atoms with Gasteiger partial charge in [0.2, 0.25) is 0 Å². The minimum Gasteiger partial charge on any atom is -0.309 e. The van der Waals surface area contributed by atoms with Crippen LogP contribution in [0.1, 0.15) is 134 Å². The van der Waals surface area contributed by atoms with E-state index in [-0.39, 0.29) is 0 Å². The Morgan fingerprint density at radius 1 is 0.181 bits per heavy atom. The molecule has 6 heteroatoms. The van der Waals surface area contributed by atoms with Gasteiger partial charge in [-0.15, -0.1) is 0 Å². The lowest BCUT2D eigenvalue weighted by atomic mass is 9.85. The van der Waals surface area contributed by atoms with Gasteiger partial charge in [-0.05, 0) is 330 Å². The van der Waals surface area contributed by atoms with Crippen LogP contribution in [0.25, 0.3) is 66.8 Å². The van der Waals surface area contributed by atoms with Crippen LogP contribution in [-0.2, 0) is 77.0 Å². The highest BCUT2D eigenvalue weighted by atomic mass is 15.2. The highest BCUT2D eigenvalue weighted by molar-refractivity contribution is 5.98. The Labute approximate surface area is 609 Å². The third-order valence-corrected chi connectivity index (χ3v) is 25.6. The van der Waals surface area contributed by atoms with Crippen LogP contribution in [-0.4, -0.2) is 15.0 Å². The second-order valence-electron chi connectivity index (χ2n) is 31.3. The lowest BCUT2D eigenvalue weighted by Gasteiger charge is -2.39. The summed E-state index contributed by atoms with van der Waals surface area (Å²) in [7, 11) is 0. The summed E-state index contributed by atoms with van der Waals surface area (Å²) < 4.78 is 0. The number of hydrogen-bond donors (Lipinski definition) is 0. The molecule has 492 valence electrons. The average molecular weight is 1340 g/mol. The van der Waals surface area contributed by atoms with Gasteiger partial charge in [0.15, 0.2) is 0 Å². The topological polar surface area (TPSA) is 48.4 Å². The predicted octanol–water partition coefficient (Wildman–Crippen LogP) is 22.5. The number of aromatic nitrogens is 3. The summed E-state index contributed by atoms with van der Waals surface area (Å²) in [4.78, 5) is 21.2. The maximum Gasteiger partial charge on any atom is 0.0688 e. The number of hydrogen-bond acceptors (Lipinski definition) is 6. The molecule has 6 aliphatic carbocycles. The molecule has 12 aliphatic rings. The number of benzene rings is 12. The molecule has 0 fully saturated rings. The molecule has 6 nitrogen and oxygen atoms in total. The van der Waals surface area contributed by atoms with E-state index in [0.29, 0.717) is 0 Å². The molecule has 27 rings (SSSR count). The van der Waals surface area contributed by atoms with Gasteiger partial charge < -0.3 is 14.7 Å². The summed E-state index contributed by atoms with van der Waals surface area (Å²) in [5.74, 6) is 0. The van der Waals surface area contributed by atoms with Crippen LogP contribution in [0.3, 0.4) is 0 Å². The van der Waals surface area contributed by atoms with Crippen molar-refractivity contribution >= 4 is 51.2 Å². The Morgan fingerprint density at radius 2 is 0.495 bits per heavy atom. The molecule has 0 saturated heterocycles. The van der Waals surface area contributed by atoms with Gasteiger partial charge >= 0.3 is 0 Å². The largest absolute Gasteiger partial charge is 0.309 e. The first-order chi connectivity index (χ1) is 51.9. The number of pyridine rings is 3. The second-order valence-corrected chi connectivity index (χ2v) is 31.3. The monoisotopic (exact) mass is 1340 g/mol. The van der Waals surface area contributed by atoms with Crippen LogP contribution in [0.15, 0.2) is 255 Å². The molecular weight excluding hydrogens is 1270 g/mol. The summed E-state index contributed by atoms with van der Waals surface area (Å²) in [5.41, 5.74) is 63.3. The predicted molar refractivity (Wildman–Crippen MR) is 423 cm³/mol. The van der Waals surface area contributed by atoms with Gasteiger partial charge in [0, 0.05) is 63.3 Å². The molecule has 15 aromatic rings. The molecule has 9 heterocycles. The molecule has 0 N–H and O–H groups in total. The van der Waals surface area contributed by atoms with E-state index in [1.807, 2.05) is 31.0 Å². The van der Waals surface area contributed by atoms with E-state index in [1.54, 1.807) is 0 Å². The Balaban J connectivity index is 0.0000000914. The van der Waals surface area contributed by atoms with Crippen LogP contribution in [0.5, 0.6) is 0 Å². The first kappa shape index (κ1) is 57.1. The van der Waals surface area contributed by atoms with Crippen molar-refractivity contribution in [3.63, 3.8) is 0 Å². The van der Waals surface area contributed by atoms with Gasteiger partial charge in [-0.3, -0.25) is 15.0 Å². The zero-order valence-electron chi connectivity index (χ0n) is 57.9. The van der Waals surface area contributed by atoms with Crippen molar-refractivity contribution in [1.82, 2.24) is 15.0 Å². The van der Waals surface area contributed by atoms with Crippen LogP contribution >= 0.6 is 0 Å². The second kappa shape index (κ2) is 21.1. The third-order valence-electron chi connectivity index (χ3n) is 25.6. The van der Waals surface area contributed by atoms with Gasteiger partial charge in [0.25, 0.3) is 0 Å². The van der Waals surface area contributed by atoms with Crippen LogP contribution < -0.4 is 14.7 Å². The smallest absolute Gasteiger partial charge is 0.0688 e. The van der Waals surface area contributed by atoms with Gasteiger partial charge in [0.1, 0.15) is 0 Å². The summed E-state index contributed by atoms with van der Waals surface area (Å²) in [5, 5.41) is 0. The highest BCUT2D eigenvalue weighted by Crippen LogP contribution is 2.58. The van der Waals surface area contributed by atoms with E-state index in [9.17, 15) is 0 Å². The van der Waals surface area contributed by atoms with Crippen LogP contribution in [0.4, 0.5) is 51.2 Å².